The highest BCUT2D eigenvalue weighted by atomic mass is 79.9. The van der Waals surface area contributed by atoms with E-state index in [1.165, 1.54) is 0 Å². The van der Waals surface area contributed by atoms with E-state index >= 15 is 0 Å². The molecule has 1 heterocycles. The maximum atomic E-state index is 11.8. The van der Waals surface area contributed by atoms with Crippen molar-refractivity contribution in [3.63, 3.8) is 0 Å². The maximum absolute atomic E-state index is 11.8. The van der Waals surface area contributed by atoms with Gasteiger partial charge in [-0.25, -0.2) is 4.79 Å². The highest BCUT2D eigenvalue weighted by molar-refractivity contribution is 9.10. The summed E-state index contributed by atoms with van der Waals surface area (Å²) < 4.78 is 0.973. The van der Waals surface area contributed by atoms with E-state index in [9.17, 15) is 9.90 Å². The van der Waals surface area contributed by atoms with Gasteiger partial charge < -0.3 is 15.7 Å². The van der Waals surface area contributed by atoms with Crippen LogP contribution in [0.2, 0.25) is 0 Å². The molecule has 1 atom stereocenters. The Bertz CT molecular complexity index is 481. The minimum Gasteiger partial charge on any atom is -0.392 e. The molecule has 0 radical (unpaired) electrons. The molecule has 0 aromatic heterocycles. The summed E-state index contributed by atoms with van der Waals surface area (Å²) in [5.74, 6) is 0. The fourth-order valence-electron chi connectivity index (χ4n) is 2.25. The SMILES string of the molecule is Cc1c(Br)cccc1NC(=O)NCCN1CC[C@@H](O)C1. The zero-order valence-corrected chi connectivity index (χ0v) is 13.1. The largest absolute Gasteiger partial charge is 0.392 e. The average Bonchev–Trinajstić information content (AvgIpc) is 2.81. The van der Waals surface area contributed by atoms with Crippen molar-refractivity contribution in [3.05, 3.63) is 28.2 Å². The van der Waals surface area contributed by atoms with Crippen LogP contribution in [0.1, 0.15) is 12.0 Å². The maximum Gasteiger partial charge on any atom is 0.319 e. The van der Waals surface area contributed by atoms with Gasteiger partial charge >= 0.3 is 6.03 Å². The van der Waals surface area contributed by atoms with Crippen molar-refractivity contribution in [1.82, 2.24) is 10.2 Å². The van der Waals surface area contributed by atoms with E-state index in [-0.39, 0.29) is 12.1 Å². The van der Waals surface area contributed by atoms with Crippen LogP contribution in [0.3, 0.4) is 0 Å². The van der Waals surface area contributed by atoms with Gasteiger partial charge in [0.15, 0.2) is 0 Å². The highest BCUT2D eigenvalue weighted by Gasteiger charge is 2.19. The second-order valence-corrected chi connectivity index (χ2v) is 5.89. The number of rotatable bonds is 4. The molecule has 1 aromatic rings. The van der Waals surface area contributed by atoms with Crippen LogP contribution in [-0.4, -0.2) is 48.3 Å². The van der Waals surface area contributed by atoms with Crippen molar-refractivity contribution in [1.29, 1.82) is 0 Å². The molecule has 3 N–H and O–H groups in total. The van der Waals surface area contributed by atoms with E-state index in [0.29, 0.717) is 13.1 Å². The van der Waals surface area contributed by atoms with Crippen LogP contribution in [0.25, 0.3) is 0 Å². The number of aliphatic hydroxyl groups is 1. The number of hydrogen-bond donors (Lipinski definition) is 3. The molecule has 1 saturated heterocycles. The molecule has 0 aliphatic carbocycles. The van der Waals surface area contributed by atoms with Gasteiger partial charge in [0.2, 0.25) is 0 Å². The molecule has 1 aliphatic rings. The van der Waals surface area contributed by atoms with Crippen molar-refractivity contribution < 1.29 is 9.90 Å². The van der Waals surface area contributed by atoms with E-state index in [0.717, 1.165) is 35.2 Å². The van der Waals surface area contributed by atoms with Gasteiger partial charge in [0.1, 0.15) is 0 Å². The number of carbonyl (C=O) groups is 1. The first-order chi connectivity index (χ1) is 9.56. The van der Waals surface area contributed by atoms with Crippen LogP contribution < -0.4 is 10.6 Å². The summed E-state index contributed by atoms with van der Waals surface area (Å²) in [6.45, 7) is 4.89. The molecular weight excluding hydrogens is 322 g/mol. The second-order valence-electron chi connectivity index (χ2n) is 5.04. The fraction of sp³-hybridized carbons (Fsp3) is 0.500. The number of hydrogen-bond acceptors (Lipinski definition) is 3. The van der Waals surface area contributed by atoms with Crippen LogP contribution in [-0.2, 0) is 0 Å². The van der Waals surface area contributed by atoms with Crippen molar-refractivity contribution in [2.24, 2.45) is 0 Å². The zero-order valence-electron chi connectivity index (χ0n) is 11.5. The van der Waals surface area contributed by atoms with Gasteiger partial charge in [0.05, 0.1) is 6.10 Å². The molecule has 0 bridgehead atoms. The molecule has 1 aliphatic heterocycles. The second kappa shape index (κ2) is 7.06. The van der Waals surface area contributed by atoms with E-state index < -0.39 is 0 Å². The van der Waals surface area contributed by atoms with Gasteiger partial charge in [-0.05, 0) is 31.0 Å². The first-order valence-corrected chi connectivity index (χ1v) is 7.56. The summed E-state index contributed by atoms with van der Waals surface area (Å²) in [7, 11) is 0. The molecular formula is C14H20BrN3O2. The Kier molecular flexibility index (Phi) is 5.39. The predicted octanol–water partition coefficient (Wildman–Crippen LogP) is 1.95. The summed E-state index contributed by atoms with van der Waals surface area (Å²) >= 11 is 3.44. The fourth-order valence-corrected chi connectivity index (χ4v) is 2.62. The topological polar surface area (TPSA) is 64.6 Å². The Morgan fingerprint density at radius 2 is 2.35 bits per heavy atom. The van der Waals surface area contributed by atoms with Crippen LogP contribution in [0.15, 0.2) is 22.7 Å². The normalized spacial score (nSPS) is 19.1. The van der Waals surface area contributed by atoms with Crippen LogP contribution in [0, 0.1) is 6.92 Å². The lowest BCUT2D eigenvalue weighted by atomic mass is 10.2. The van der Waals surface area contributed by atoms with E-state index in [1.807, 2.05) is 25.1 Å². The number of amides is 2. The Morgan fingerprint density at radius 1 is 1.55 bits per heavy atom. The van der Waals surface area contributed by atoms with Gasteiger partial charge in [-0.15, -0.1) is 0 Å². The number of β-amino-alcohol motifs (C(OH)–C–C–N with tert-alkyl or cyclic N) is 1. The summed E-state index contributed by atoms with van der Waals surface area (Å²) in [6.07, 6.45) is 0.608. The van der Waals surface area contributed by atoms with Crippen LogP contribution in [0.5, 0.6) is 0 Å². The summed E-state index contributed by atoms with van der Waals surface area (Å²) in [4.78, 5) is 14.0. The molecule has 2 rings (SSSR count). The number of nitrogens with one attached hydrogen (secondary N) is 2. The molecule has 2 amide bonds. The predicted molar refractivity (Wildman–Crippen MR) is 83.0 cm³/mol. The van der Waals surface area contributed by atoms with Crippen LogP contribution >= 0.6 is 15.9 Å². The highest BCUT2D eigenvalue weighted by Crippen LogP contribution is 2.23. The molecule has 6 heteroatoms. The Balaban J connectivity index is 1.74. The lowest BCUT2D eigenvalue weighted by molar-refractivity contribution is 0.176. The Hall–Kier alpha value is -1.11. The molecule has 5 nitrogen and oxygen atoms in total. The van der Waals surface area contributed by atoms with Gasteiger partial charge in [0, 0.05) is 36.3 Å². The summed E-state index contributed by atoms with van der Waals surface area (Å²) in [5, 5.41) is 15.1. The van der Waals surface area contributed by atoms with Gasteiger partial charge in [-0.2, -0.15) is 0 Å². The molecule has 0 unspecified atom stereocenters. The molecule has 1 aromatic carbocycles. The van der Waals surface area contributed by atoms with E-state index in [1.54, 1.807) is 0 Å². The van der Waals surface area contributed by atoms with Crippen molar-refractivity contribution >= 4 is 27.6 Å². The number of carbonyl (C=O) groups excluding carboxylic acids is 1. The number of benzene rings is 1. The number of nitrogens with zero attached hydrogens (tertiary/aromatic N) is 1. The minimum atomic E-state index is -0.215. The number of likely N-dealkylation sites (tertiary alicyclic amines) is 1. The molecule has 0 spiro atoms. The quantitative estimate of drug-likeness (QED) is 0.784. The summed E-state index contributed by atoms with van der Waals surface area (Å²) in [6, 6.07) is 5.50. The standard InChI is InChI=1S/C14H20BrN3O2/c1-10-12(15)3-2-4-13(10)17-14(20)16-6-8-18-7-5-11(19)9-18/h2-4,11,19H,5-9H2,1H3,(H2,16,17,20)/t11-/m1/s1. The third-order valence-electron chi connectivity index (χ3n) is 3.48. The minimum absolute atomic E-state index is 0.203. The van der Waals surface area contributed by atoms with E-state index in [2.05, 4.69) is 31.5 Å². The third kappa shape index (κ3) is 4.19. The number of anilines is 1. The molecule has 20 heavy (non-hydrogen) atoms. The van der Waals surface area contributed by atoms with Crippen molar-refractivity contribution in [3.8, 4) is 0 Å². The molecule has 1 fully saturated rings. The van der Waals surface area contributed by atoms with E-state index in [4.69, 9.17) is 0 Å². The van der Waals surface area contributed by atoms with Gasteiger partial charge in [-0.3, -0.25) is 4.90 Å². The molecule has 0 saturated carbocycles. The Morgan fingerprint density at radius 3 is 3.05 bits per heavy atom. The van der Waals surface area contributed by atoms with Crippen molar-refractivity contribution in [2.75, 3.05) is 31.5 Å². The monoisotopic (exact) mass is 341 g/mol. The average molecular weight is 342 g/mol. The smallest absolute Gasteiger partial charge is 0.319 e. The lowest BCUT2D eigenvalue weighted by Crippen LogP contribution is -2.36. The van der Waals surface area contributed by atoms with Crippen molar-refractivity contribution in [2.45, 2.75) is 19.4 Å². The zero-order chi connectivity index (χ0) is 14.5. The van der Waals surface area contributed by atoms with Crippen LogP contribution in [0.4, 0.5) is 10.5 Å². The summed E-state index contributed by atoms with van der Waals surface area (Å²) in [5.41, 5.74) is 1.80. The first kappa shape index (κ1) is 15.3. The third-order valence-corrected chi connectivity index (χ3v) is 4.34. The molecule has 110 valence electrons. The first-order valence-electron chi connectivity index (χ1n) is 6.76. The number of urea groups is 1. The Labute approximate surface area is 127 Å². The lowest BCUT2D eigenvalue weighted by Gasteiger charge is -2.16. The van der Waals surface area contributed by atoms with Gasteiger partial charge in [0.25, 0.3) is 0 Å². The number of halogens is 1. The number of aliphatic hydroxyl groups excluding tert-OH is 1. The van der Waals surface area contributed by atoms with Gasteiger partial charge in [-0.1, -0.05) is 22.0 Å².